The first-order valence-corrected chi connectivity index (χ1v) is 17.6. The molecule has 0 saturated heterocycles. The zero-order valence-corrected chi connectivity index (χ0v) is 33.2. The molecule has 0 N–H and O–H groups in total. The second-order valence-electron chi connectivity index (χ2n) is 7.64. The van der Waals surface area contributed by atoms with E-state index in [-0.39, 0.29) is 7.43 Å². The van der Waals surface area contributed by atoms with Crippen molar-refractivity contribution < 1.29 is 0 Å². The summed E-state index contributed by atoms with van der Waals surface area (Å²) in [7, 11) is 0. The maximum Gasteiger partial charge on any atom is -0.0184 e. The standard InChI is InChI=1S/C12H10.C12H18.C6H6.7C2H6.CH4/c1-3-7-11(8-4-1)12-9-5-2-6-10-12;1-7-8(2)10(4)12(6)11(5)9(7)3;1-2-4-6-5-3-1;7*1-2;/h1-10H;1-6H3;1-6H;7*1-2H3;1H4. The molecule has 0 heterocycles. The molecular weight excluding hydrogens is 540 g/mol. The maximum atomic E-state index is 2.21. The maximum absolute atomic E-state index is 2.21. The lowest BCUT2D eigenvalue weighted by Crippen LogP contribution is -1.98. The van der Waals surface area contributed by atoms with Crippen LogP contribution < -0.4 is 0 Å². The van der Waals surface area contributed by atoms with Crippen LogP contribution in [0.1, 0.15) is 138 Å². The van der Waals surface area contributed by atoms with Gasteiger partial charge in [0.1, 0.15) is 0 Å². The molecule has 0 fully saturated rings. The molecule has 260 valence electrons. The van der Waals surface area contributed by atoms with Gasteiger partial charge in [-0.05, 0) is 86.1 Å². The van der Waals surface area contributed by atoms with E-state index in [1.54, 1.807) is 0 Å². The summed E-state index contributed by atoms with van der Waals surface area (Å²) in [6, 6.07) is 32.8. The molecule has 4 aromatic carbocycles. The van der Waals surface area contributed by atoms with Gasteiger partial charge in [0.2, 0.25) is 0 Å². The molecule has 0 nitrogen and oxygen atoms in total. The van der Waals surface area contributed by atoms with Crippen molar-refractivity contribution in [3.8, 4) is 11.1 Å². The van der Waals surface area contributed by atoms with Crippen molar-refractivity contribution in [1.29, 1.82) is 0 Å². The molecule has 45 heavy (non-hydrogen) atoms. The second-order valence-corrected chi connectivity index (χ2v) is 7.64. The molecule has 0 unspecified atom stereocenters. The zero-order valence-electron chi connectivity index (χ0n) is 33.2. The van der Waals surface area contributed by atoms with Crippen LogP contribution >= 0.6 is 0 Å². The van der Waals surface area contributed by atoms with Gasteiger partial charge in [-0.1, -0.05) is 201 Å². The molecule has 4 aromatic rings. The van der Waals surface area contributed by atoms with Gasteiger partial charge in [0.25, 0.3) is 0 Å². The Kier molecular flexibility index (Phi) is 61.1. The molecule has 0 aromatic heterocycles. The van der Waals surface area contributed by atoms with E-state index < -0.39 is 0 Å². The van der Waals surface area contributed by atoms with E-state index in [9.17, 15) is 0 Å². The monoisotopic (exact) mass is 621 g/mol. The molecule has 0 aliphatic rings. The first kappa shape index (κ1) is 57.5. The van der Waals surface area contributed by atoms with Crippen LogP contribution in [0.4, 0.5) is 0 Å². The van der Waals surface area contributed by atoms with Crippen LogP contribution in [0.5, 0.6) is 0 Å². The fourth-order valence-electron chi connectivity index (χ4n) is 3.33. The Morgan fingerprint density at radius 3 is 0.467 bits per heavy atom. The molecular formula is C45H80. The summed E-state index contributed by atoms with van der Waals surface area (Å²) >= 11 is 0. The molecule has 0 atom stereocenters. The Labute approximate surface area is 286 Å². The van der Waals surface area contributed by atoms with Crippen molar-refractivity contribution in [3.63, 3.8) is 0 Å². The SMILES string of the molecule is C.CC.CC.CC.CC.CC.CC.CC.Cc1c(C)c(C)c(C)c(C)c1C.c1ccc(-c2ccccc2)cc1.c1ccccc1. The number of hydrogen-bond donors (Lipinski definition) is 0. The summed E-state index contributed by atoms with van der Waals surface area (Å²) in [5.74, 6) is 0. The average Bonchev–Trinajstić information content (AvgIpc) is 3.17. The Morgan fingerprint density at radius 1 is 0.222 bits per heavy atom. The largest absolute Gasteiger partial charge is 0.0776 e. The third kappa shape index (κ3) is 28.1. The average molecular weight is 621 g/mol. The van der Waals surface area contributed by atoms with Gasteiger partial charge >= 0.3 is 0 Å². The fourth-order valence-corrected chi connectivity index (χ4v) is 3.33. The summed E-state index contributed by atoms with van der Waals surface area (Å²) in [6.45, 7) is 41.3. The van der Waals surface area contributed by atoms with Gasteiger partial charge in [-0.2, -0.15) is 0 Å². The highest BCUT2D eigenvalue weighted by molar-refractivity contribution is 5.62. The molecule has 0 aliphatic carbocycles. The third-order valence-electron chi connectivity index (χ3n) is 5.92. The van der Waals surface area contributed by atoms with Crippen LogP contribution in [0.15, 0.2) is 97.1 Å². The topological polar surface area (TPSA) is 0 Å². The lowest BCUT2D eigenvalue weighted by molar-refractivity contribution is 1.13. The normalized spacial score (nSPS) is 7.38. The van der Waals surface area contributed by atoms with Gasteiger partial charge in [0.05, 0.1) is 0 Å². The van der Waals surface area contributed by atoms with Crippen molar-refractivity contribution in [3.05, 3.63) is 130 Å². The second kappa shape index (κ2) is 47.8. The van der Waals surface area contributed by atoms with E-state index in [1.807, 2.05) is 145 Å². The summed E-state index contributed by atoms with van der Waals surface area (Å²) < 4.78 is 0. The number of rotatable bonds is 1. The van der Waals surface area contributed by atoms with Crippen LogP contribution in [0.25, 0.3) is 11.1 Å². The van der Waals surface area contributed by atoms with E-state index in [4.69, 9.17) is 0 Å². The Bertz CT molecular complexity index is 845. The summed E-state index contributed by atoms with van der Waals surface area (Å²) in [4.78, 5) is 0. The Morgan fingerprint density at radius 2 is 0.333 bits per heavy atom. The molecule has 0 spiro atoms. The summed E-state index contributed by atoms with van der Waals surface area (Å²) in [6.07, 6.45) is 0. The molecule has 0 radical (unpaired) electrons. The minimum Gasteiger partial charge on any atom is -0.0776 e. The van der Waals surface area contributed by atoms with Crippen molar-refractivity contribution in [2.24, 2.45) is 0 Å². The molecule has 0 heteroatoms. The predicted octanol–water partition coefficient (Wildman–Crippen LogP) is 16.4. The van der Waals surface area contributed by atoms with E-state index in [0.29, 0.717) is 0 Å². The Hall–Kier alpha value is -3.12. The molecule has 0 amide bonds. The van der Waals surface area contributed by atoms with Gasteiger partial charge in [0.15, 0.2) is 0 Å². The lowest BCUT2D eigenvalue weighted by atomic mass is 9.90. The number of benzene rings is 4. The van der Waals surface area contributed by atoms with Crippen molar-refractivity contribution in [2.45, 2.75) is 146 Å². The van der Waals surface area contributed by atoms with Crippen molar-refractivity contribution >= 4 is 0 Å². The quantitative estimate of drug-likeness (QED) is 0.199. The van der Waals surface area contributed by atoms with Crippen LogP contribution in [-0.2, 0) is 0 Å². The zero-order chi connectivity index (χ0) is 35.9. The van der Waals surface area contributed by atoms with E-state index in [1.165, 1.54) is 44.5 Å². The summed E-state index contributed by atoms with van der Waals surface area (Å²) in [5, 5.41) is 0. The molecule has 0 bridgehead atoms. The van der Waals surface area contributed by atoms with Crippen LogP contribution in [0, 0.1) is 41.5 Å². The highest BCUT2D eigenvalue weighted by Gasteiger charge is 2.07. The highest BCUT2D eigenvalue weighted by atomic mass is 14.1. The van der Waals surface area contributed by atoms with Gasteiger partial charge < -0.3 is 0 Å². The third-order valence-corrected chi connectivity index (χ3v) is 5.92. The van der Waals surface area contributed by atoms with Gasteiger partial charge in [-0.25, -0.2) is 0 Å². The summed E-state index contributed by atoms with van der Waals surface area (Å²) in [5.41, 5.74) is 11.3. The van der Waals surface area contributed by atoms with Crippen molar-refractivity contribution in [2.75, 3.05) is 0 Å². The number of hydrogen-bond acceptors (Lipinski definition) is 0. The first-order chi connectivity index (χ1) is 21.4. The molecule has 0 saturated carbocycles. The fraction of sp³-hybridized carbons (Fsp3) is 0.467. The van der Waals surface area contributed by atoms with Gasteiger partial charge in [-0.3, -0.25) is 0 Å². The first-order valence-electron chi connectivity index (χ1n) is 17.6. The minimum absolute atomic E-state index is 0. The molecule has 0 aliphatic heterocycles. The smallest absolute Gasteiger partial charge is 0.0184 e. The van der Waals surface area contributed by atoms with Crippen LogP contribution in [0.2, 0.25) is 0 Å². The van der Waals surface area contributed by atoms with E-state index in [2.05, 4.69) is 90.1 Å². The van der Waals surface area contributed by atoms with E-state index in [0.717, 1.165) is 0 Å². The van der Waals surface area contributed by atoms with Gasteiger partial charge in [0, 0.05) is 0 Å². The Balaban J connectivity index is -0.0000000816. The van der Waals surface area contributed by atoms with Crippen LogP contribution in [-0.4, -0.2) is 0 Å². The van der Waals surface area contributed by atoms with E-state index >= 15 is 0 Å². The van der Waals surface area contributed by atoms with Crippen LogP contribution in [0.3, 0.4) is 0 Å². The lowest BCUT2D eigenvalue weighted by Gasteiger charge is -2.15. The van der Waals surface area contributed by atoms with Gasteiger partial charge in [-0.15, -0.1) is 0 Å². The minimum atomic E-state index is 0. The predicted molar refractivity (Wildman–Crippen MR) is 219 cm³/mol. The van der Waals surface area contributed by atoms with Crippen molar-refractivity contribution in [1.82, 2.24) is 0 Å². The highest BCUT2D eigenvalue weighted by Crippen LogP contribution is 2.24. The molecule has 4 rings (SSSR count).